The minimum atomic E-state index is -0.812. The number of benzene rings is 1. The Morgan fingerprint density at radius 3 is 2.81 bits per heavy atom. The zero-order valence-electron chi connectivity index (χ0n) is 16.5. The molecule has 1 atom stereocenters. The topological polar surface area (TPSA) is 109 Å². The zero-order chi connectivity index (χ0) is 21.8. The maximum atomic E-state index is 13.8. The average molecular weight is 446 g/mol. The van der Waals surface area contributed by atoms with Crippen molar-refractivity contribution in [1.82, 2.24) is 20.3 Å². The average Bonchev–Trinajstić information content (AvgIpc) is 2.79. The second-order valence-corrected chi connectivity index (χ2v) is 7.62. The first-order chi connectivity index (χ1) is 15.0. The lowest BCUT2D eigenvalue weighted by Crippen LogP contribution is -2.31. The summed E-state index contributed by atoms with van der Waals surface area (Å²) in [6, 6.07) is 6.75. The third kappa shape index (κ3) is 5.07. The number of carbonyl (C=O) groups excluding carboxylic acids is 1. The number of rotatable bonds is 6. The van der Waals surface area contributed by atoms with Gasteiger partial charge in [-0.05, 0) is 42.7 Å². The summed E-state index contributed by atoms with van der Waals surface area (Å²) in [4.78, 5) is 25.8. The SMILES string of the molecule is O=C(N[C@H](CO)c1ccc(Cl)c(F)c1)c1ccc2cnc(NC3CCOCC3)nc2n1. The summed E-state index contributed by atoms with van der Waals surface area (Å²) in [5.74, 6) is -0.708. The van der Waals surface area contributed by atoms with Crippen molar-refractivity contribution in [2.75, 3.05) is 25.1 Å². The first-order valence-corrected chi connectivity index (χ1v) is 10.3. The second-order valence-electron chi connectivity index (χ2n) is 7.22. The molecule has 3 heterocycles. The van der Waals surface area contributed by atoms with E-state index in [-0.39, 0.29) is 16.8 Å². The summed E-state index contributed by atoms with van der Waals surface area (Å²) < 4.78 is 19.1. The van der Waals surface area contributed by atoms with Gasteiger partial charge in [-0.25, -0.2) is 14.4 Å². The van der Waals surface area contributed by atoms with Crippen LogP contribution in [-0.2, 0) is 4.74 Å². The lowest BCUT2D eigenvalue weighted by Gasteiger charge is -2.23. The third-order valence-electron chi connectivity index (χ3n) is 5.06. The van der Waals surface area contributed by atoms with Gasteiger partial charge in [0.15, 0.2) is 5.65 Å². The molecule has 2 aromatic heterocycles. The molecule has 1 amide bonds. The van der Waals surface area contributed by atoms with E-state index in [1.807, 2.05) is 0 Å². The van der Waals surface area contributed by atoms with E-state index in [0.29, 0.717) is 35.8 Å². The largest absolute Gasteiger partial charge is 0.394 e. The number of halogens is 2. The first kappa shape index (κ1) is 21.4. The summed E-state index contributed by atoms with van der Waals surface area (Å²) in [5.41, 5.74) is 0.884. The standard InChI is InChI=1S/C21H21ClFN5O3/c22-15-3-1-12(9-16(15)23)18(11-29)27-20(30)17-4-2-13-10-24-21(28-19(13)26-17)25-14-5-7-31-8-6-14/h1-4,9-10,14,18,29H,5-8,11H2,(H,27,30)(H,24,25,26,28)/t18-/m1/s1. The van der Waals surface area contributed by atoms with Gasteiger partial charge in [-0.2, -0.15) is 4.98 Å². The van der Waals surface area contributed by atoms with E-state index in [9.17, 15) is 14.3 Å². The van der Waals surface area contributed by atoms with E-state index in [2.05, 4.69) is 25.6 Å². The molecule has 1 aromatic carbocycles. The van der Waals surface area contributed by atoms with Crippen LogP contribution < -0.4 is 10.6 Å². The number of anilines is 1. The van der Waals surface area contributed by atoms with Gasteiger partial charge in [-0.1, -0.05) is 17.7 Å². The Bertz CT molecular complexity index is 1090. The van der Waals surface area contributed by atoms with Crippen LogP contribution in [0.5, 0.6) is 0 Å². The number of carbonyl (C=O) groups is 1. The molecular formula is C21H21ClFN5O3. The number of nitrogens with zero attached hydrogens (tertiary/aromatic N) is 3. The second kappa shape index (κ2) is 9.51. The predicted molar refractivity (Wildman–Crippen MR) is 113 cm³/mol. The third-order valence-corrected chi connectivity index (χ3v) is 5.37. The molecule has 1 aliphatic rings. The van der Waals surface area contributed by atoms with Gasteiger partial charge in [0.1, 0.15) is 11.5 Å². The lowest BCUT2D eigenvalue weighted by molar-refractivity contribution is 0.0902. The first-order valence-electron chi connectivity index (χ1n) is 9.88. The van der Waals surface area contributed by atoms with Crippen molar-refractivity contribution in [3.8, 4) is 0 Å². The monoisotopic (exact) mass is 445 g/mol. The number of nitrogens with one attached hydrogen (secondary N) is 2. The minimum absolute atomic E-state index is 0.0344. The molecule has 1 aliphatic heterocycles. The van der Waals surface area contributed by atoms with Crippen LogP contribution in [-0.4, -0.2) is 51.8 Å². The smallest absolute Gasteiger partial charge is 0.270 e. The van der Waals surface area contributed by atoms with Crippen LogP contribution in [0.1, 0.15) is 34.9 Å². The Hall–Kier alpha value is -2.88. The van der Waals surface area contributed by atoms with E-state index in [0.717, 1.165) is 12.8 Å². The van der Waals surface area contributed by atoms with E-state index in [1.54, 1.807) is 24.4 Å². The van der Waals surface area contributed by atoms with Crippen molar-refractivity contribution >= 4 is 34.5 Å². The van der Waals surface area contributed by atoms with Crippen LogP contribution in [0.4, 0.5) is 10.3 Å². The van der Waals surface area contributed by atoms with Crippen molar-refractivity contribution in [1.29, 1.82) is 0 Å². The molecule has 3 aromatic rings. The number of ether oxygens (including phenoxy) is 1. The van der Waals surface area contributed by atoms with Crippen LogP contribution in [0, 0.1) is 5.82 Å². The molecule has 0 saturated carbocycles. The molecule has 10 heteroatoms. The minimum Gasteiger partial charge on any atom is -0.394 e. The van der Waals surface area contributed by atoms with Crippen molar-refractivity contribution < 1.29 is 19.0 Å². The number of aromatic nitrogens is 3. The molecule has 1 saturated heterocycles. The highest BCUT2D eigenvalue weighted by atomic mass is 35.5. The van der Waals surface area contributed by atoms with Gasteiger partial charge in [0, 0.05) is 30.8 Å². The van der Waals surface area contributed by atoms with Crippen molar-refractivity contribution in [2.24, 2.45) is 0 Å². The van der Waals surface area contributed by atoms with Gasteiger partial charge in [0.25, 0.3) is 5.91 Å². The fourth-order valence-electron chi connectivity index (χ4n) is 3.33. The summed E-state index contributed by atoms with van der Waals surface area (Å²) >= 11 is 5.70. The number of hydrogen-bond donors (Lipinski definition) is 3. The van der Waals surface area contributed by atoms with Crippen molar-refractivity contribution in [3.63, 3.8) is 0 Å². The maximum Gasteiger partial charge on any atom is 0.270 e. The zero-order valence-corrected chi connectivity index (χ0v) is 17.3. The summed E-state index contributed by atoms with van der Waals surface area (Å²) in [7, 11) is 0. The Labute approximate surface area is 182 Å². The molecule has 0 radical (unpaired) electrons. The van der Waals surface area contributed by atoms with E-state index >= 15 is 0 Å². The molecular weight excluding hydrogens is 425 g/mol. The van der Waals surface area contributed by atoms with E-state index in [1.165, 1.54) is 12.1 Å². The van der Waals surface area contributed by atoms with E-state index in [4.69, 9.17) is 16.3 Å². The highest BCUT2D eigenvalue weighted by Gasteiger charge is 2.19. The van der Waals surface area contributed by atoms with Crippen molar-refractivity contribution in [2.45, 2.75) is 24.9 Å². The number of aliphatic hydroxyl groups is 1. The Kier molecular flexibility index (Phi) is 6.55. The fraction of sp³-hybridized carbons (Fsp3) is 0.333. The predicted octanol–water partition coefficient (Wildman–Crippen LogP) is 2.87. The van der Waals surface area contributed by atoms with Crippen LogP contribution >= 0.6 is 11.6 Å². The Morgan fingerprint density at radius 2 is 2.06 bits per heavy atom. The van der Waals surface area contributed by atoms with Gasteiger partial charge >= 0.3 is 0 Å². The summed E-state index contributed by atoms with van der Waals surface area (Å²) in [6.45, 7) is 0.969. The molecule has 0 unspecified atom stereocenters. The van der Waals surface area contributed by atoms with Gasteiger partial charge in [0.05, 0.1) is 17.7 Å². The molecule has 0 bridgehead atoms. The van der Waals surface area contributed by atoms with Gasteiger partial charge in [-0.3, -0.25) is 4.79 Å². The van der Waals surface area contributed by atoms with Gasteiger partial charge < -0.3 is 20.5 Å². The molecule has 4 rings (SSSR count). The Balaban J connectivity index is 1.51. The Morgan fingerprint density at radius 1 is 1.26 bits per heavy atom. The van der Waals surface area contributed by atoms with Crippen molar-refractivity contribution in [3.05, 3.63) is 58.6 Å². The molecule has 8 nitrogen and oxygen atoms in total. The molecule has 0 aliphatic carbocycles. The van der Waals surface area contributed by atoms with Crippen LogP contribution in [0.25, 0.3) is 11.0 Å². The number of aliphatic hydroxyl groups excluding tert-OH is 1. The van der Waals surface area contributed by atoms with Crippen LogP contribution in [0.3, 0.4) is 0 Å². The molecule has 3 N–H and O–H groups in total. The number of fused-ring (bicyclic) bond motifs is 1. The van der Waals surface area contributed by atoms with Crippen LogP contribution in [0.15, 0.2) is 36.5 Å². The van der Waals surface area contributed by atoms with Crippen LogP contribution in [0.2, 0.25) is 5.02 Å². The van der Waals surface area contributed by atoms with E-state index < -0.39 is 24.4 Å². The number of pyridine rings is 1. The maximum absolute atomic E-state index is 13.8. The molecule has 162 valence electrons. The van der Waals surface area contributed by atoms with Gasteiger partial charge in [0.2, 0.25) is 5.95 Å². The lowest BCUT2D eigenvalue weighted by atomic mass is 10.1. The normalized spacial score (nSPS) is 15.6. The summed E-state index contributed by atoms with van der Waals surface area (Å²) in [5, 5.41) is 16.3. The molecule has 1 fully saturated rings. The highest BCUT2D eigenvalue weighted by molar-refractivity contribution is 6.30. The quantitative estimate of drug-likeness (QED) is 0.535. The van der Waals surface area contributed by atoms with Gasteiger partial charge in [-0.15, -0.1) is 0 Å². The molecule has 0 spiro atoms. The highest BCUT2D eigenvalue weighted by Crippen LogP contribution is 2.21. The molecule has 31 heavy (non-hydrogen) atoms. The number of amides is 1. The fourth-order valence-corrected chi connectivity index (χ4v) is 3.44. The summed E-state index contributed by atoms with van der Waals surface area (Å²) in [6.07, 6.45) is 3.38. The number of hydrogen-bond acceptors (Lipinski definition) is 7.